The van der Waals surface area contributed by atoms with Crippen molar-refractivity contribution in [3.05, 3.63) is 24.5 Å². The first-order valence-corrected chi connectivity index (χ1v) is 5.41. The first kappa shape index (κ1) is 10.9. The van der Waals surface area contributed by atoms with Gasteiger partial charge in [0.25, 0.3) is 0 Å². The van der Waals surface area contributed by atoms with Gasteiger partial charge in [-0.1, -0.05) is 0 Å². The van der Waals surface area contributed by atoms with E-state index in [2.05, 4.69) is 4.98 Å². The molecule has 1 aliphatic heterocycles. The summed E-state index contributed by atoms with van der Waals surface area (Å²) in [5.41, 5.74) is 12.3. The van der Waals surface area contributed by atoms with Crippen LogP contribution in [0.25, 0.3) is 0 Å². The van der Waals surface area contributed by atoms with Gasteiger partial charge in [-0.3, -0.25) is 9.78 Å². The number of pyridine rings is 1. The maximum Gasteiger partial charge on any atom is 0.241 e. The Morgan fingerprint density at radius 1 is 1.44 bits per heavy atom. The van der Waals surface area contributed by atoms with Crippen molar-refractivity contribution in [3.8, 4) is 0 Å². The van der Waals surface area contributed by atoms with Gasteiger partial charge in [-0.05, 0) is 25.0 Å². The van der Waals surface area contributed by atoms with Crippen LogP contribution in [-0.2, 0) is 4.79 Å². The highest BCUT2D eigenvalue weighted by molar-refractivity contribution is 5.84. The van der Waals surface area contributed by atoms with Gasteiger partial charge in [0.05, 0.1) is 0 Å². The molecule has 2 heterocycles. The van der Waals surface area contributed by atoms with E-state index in [0.717, 1.165) is 25.1 Å². The molecule has 0 radical (unpaired) electrons. The van der Waals surface area contributed by atoms with Gasteiger partial charge >= 0.3 is 0 Å². The SMILES string of the molecule is NC(=O)C1C(N)CCCN1c1ccncc1. The summed E-state index contributed by atoms with van der Waals surface area (Å²) < 4.78 is 0. The van der Waals surface area contributed by atoms with Gasteiger partial charge in [-0.2, -0.15) is 0 Å². The number of nitrogens with two attached hydrogens (primary N) is 2. The van der Waals surface area contributed by atoms with Crippen LogP contribution in [0.3, 0.4) is 0 Å². The van der Waals surface area contributed by atoms with Crippen molar-refractivity contribution >= 4 is 11.6 Å². The number of nitrogens with zero attached hydrogens (tertiary/aromatic N) is 2. The van der Waals surface area contributed by atoms with E-state index in [-0.39, 0.29) is 11.9 Å². The minimum absolute atomic E-state index is 0.181. The van der Waals surface area contributed by atoms with E-state index in [1.807, 2.05) is 17.0 Å². The van der Waals surface area contributed by atoms with E-state index in [1.165, 1.54) is 0 Å². The van der Waals surface area contributed by atoms with Crippen LogP contribution in [0.4, 0.5) is 5.69 Å². The molecule has 1 fully saturated rings. The summed E-state index contributed by atoms with van der Waals surface area (Å²) in [5.74, 6) is -0.357. The number of amides is 1. The molecule has 0 aromatic carbocycles. The quantitative estimate of drug-likeness (QED) is 0.726. The average Bonchev–Trinajstić information content (AvgIpc) is 2.29. The fraction of sp³-hybridized carbons (Fsp3) is 0.455. The van der Waals surface area contributed by atoms with E-state index in [1.54, 1.807) is 12.4 Å². The highest BCUT2D eigenvalue weighted by Crippen LogP contribution is 2.23. The monoisotopic (exact) mass is 220 g/mol. The third-order valence-corrected chi connectivity index (χ3v) is 2.96. The van der Waals surface area contributed by atoms with Crippen molar-refractivity contribution in [1.29, 1.82) is 0 Å². The van der Waals surface area contributed by atoms with E-state index in [4.69, 9.17) is 11.5 Å². The summed E-state index contributed by atoms with van der Waals surface area (Å²) in [6, 6.07) is 3.15. The van der Waals surface area contributed by atoms with Crippen LogP contribution in [0.1, 0.15) is 12.8 Å². The molecule has 0 bridgehead atoms. The normalized spacial score (nSPS) is 25.4. The smallest absolute Gasteiger partial charge is 0.241 e. The summed E-state index contributed by atoms with van der Waals surface area (Å²) in [6.07, 6.45) is 5.23. The van der Waals surface area contributed by atoms with Crippen LogP contribution in [0.15, 0.2) is 24.5 Å². The van der Waals surface area contributed by atoms with Crippen molar-refractivity contribution in [1.82, 2.24) is 4.98 Å². The lowest BCUT2D eigenvalue weighted by molar-refractivity contribution is -0.120. The van der Waals surface area contributed by atoms with Gasteiger partial charge in [0.1, 0.15) is 6.04 Å². The van der Waals surface area contributed by atoms with Gasteiger partial charge in [-0.25, -0.2) is 0 Å². The van der Waals surface area contributed by atoms with Crippen molar-refractivity contribution in [2.45, 2.75) is 24.9 Å². The summed E-state index contributed by atoms with van der Waals surface area (Å²) in [4.78, 5) is 17.4. The lowest BCUT2D eigenvalue weighted by Crippen LogP contribution is -2.58. The second kappa shape index (κ2) is 4.49. The highest BCUT2D eigenvalue weighted by atomic mass is 16.1. The Kier molecular flexibility index (Phi) is 3.05. The first-order valence-electron chi connectivity index (χ1n) is 5.41. The molecule has 1 aromatic rings. The van der Waals surface area contributed by atoms with Crippen LogP contribution in [0, 0.1) is 0 Å². The fourth-order valence-electron chi connectivity index (χ4n) is 2.22. The second-order valence-corrected chi connectivity index (χ2v) is 4.05. The predicted octanol–water partition coefficient (Wildman–Crippen LogP) is -0.137. The molecule has 1 amide bonds. The topological polar surface area (TPSA) is 85.2 Å². The number of carbonyl (C=O) groups excluding carboxylic acids is 1. The van der Waals surface area contributed by atoms with Crippen LogP contribution in [-0.4, -0.2) is 29.5 Å². The number of rotatable bonds is 2. The molecule has 0 spiro atoms. The summed E-state index contributed by atoms with van der Waals surface area (Å²) in [7, 11) is 0. The van der Waals surface area contributed by atoms with E-state index >= 15 is 0 Å². The van der Waals surface area contributed by atoms with Crippen LogP contribution in [0.5, 0.6) is 0 Å². The first-order chi connectivity index (χ1) is 7.70. The maximum absolute atomic E-state index is 11.4. The number of aromatic nitrogens is 1. The third kappa shape index (κ3) is 1.99. The van der Waals surface area contributed by atoms with Crippen LogP contribution < -0.4 is 16.4 Å². The molecule has 2 unspecified atom stereocenters. The van der Waals surface area contributed by atoms with E-state index < -0.39 is 6.04 Å². The Labute approximate surface area is 94.4 Å². The zero-order valence-electron chi connectivity index (χ0n) is 9.04. The molecule has 2 rings (SSSR count). The summed E-state index contributed by atoms with van der Waals surface area (Å²) in [5, 5.41) is 0. The Morgan fingerprint density at radius 3 is 2.75 bits per heavy atom. The third-order valence-electron chi connectivity index (χ3n) is 2.96. The zero-order chi connectivity index (χ0) is 11.5. The van der Waals surface area contributed by atoms with Crippen molar-refractivity contribution in [2.24, 2.45) is 11.5 Å². The zero-order valence-corrected chi connectivity index (χ0v) is 9.04. The standard InChI is InChI=1S/C11H16N4O/c12-9-2-1-7-15(10(9)11(13)16)8-3-5-14-6-4-8/h3-6,9-10H,1-2,7,12H2,(H2,13,16). The molecular weight excluding hydrogens is 204 g/mol. The molecule has 16 heavy (non-hydrogen) atoms. The Balaban J connectivity index is 2.27. The number of anilines is 1. The number of piperidine rings is 1. The molecule has 5 heteroatoms. The van der Waals surface area contributed by atoms with Gasteiger partial charge in [0.2, 0.25) is 5.91 Å². The predicted molar refractivity (Wildman–Crippen MR) is 61.8 cm³/mol. The molecular formula is C11H16N4O. The fourth-order valence-corrected chi connectivity index (χ4v) is 2.22. The molecule has 5 nitrogen and oxygen atoms in total. The van der Waals surface area contributed by atoms with Crippen LogP contribution in [0.2, 0.25) is 0 Å². The lowest BCUT2D eigenvalue weighted by atomic mass is 9.96. The molecule has 4 N–H and O–H groups in total. The molecule has 86 valence electrons. The largest absolute Gasteiger partial charge is 0.368 e. The van der Waals surface area contributed by atoms with Gasteiger partial charge in [-0.15, -0.1) is 0 Å². The Morgan fingerprint density at radius 2 is 2.12 bits per heavy atom. The summed E-state index contributed by atoms with van der Waals surface area (Å²) >= 11 is 0. The molecule has 0 aliphatic carbocycles. The highest BCUT2D eigenvalue weighted by Gasteiger charge is 2.33. The lowest BCUT2D eigenvalue weighted by Gasteiger charge is -2.39. The van der Waals surface area contributed by atoms with E-state index in [9.17, 15) is 4.79 Å². The number of carbonyl (C=O) groups is 1. The molecule has 1 aliphatic rings. The minimum atomic E-state index is -0.406. The Bertz CT molecular complexity index is 368. The molecule has 0 saturated carbocycles. The van der Waals surface area contributed by atoms with Crippen LogP contribution >= 0.6 is 0 Å². The molecule has 1 saturated heterocycles. The number of hydrogen-bond acceptors (Lipinski definition) is 4. The summed E-state index contributed by atoms with van der Waals surface area (Å²) in [6.45, 7) is 0.811. The van der Waals surface area contributed by atoms with Gasteiger partial charge < -0.3 is 16.4 Å². The van der Waals surface area contributed by atoms with E-state index in [0.29, 0.717) is 0 Å². The van der Waals surface area contributed by atoms with Gasteiger partial charge in [0.15, 0.2) is 0 Å². The van der Waals surface area contributed by atoms with Crippen molar-refractivity contribution in [2.75, 3.05) is 11.4 Å². The second-order valence-electron chi connectivity index (χ2n) is 4.05. The van der Waals surface area contributed by atoms with Gasteiger partial charge in [0, 0.05) is 30.7 Å². The minimum Gasteiger partial charge on any atom is -0.368 e. The number of primary amides is 1. The van der Waals surface area contributed by atoms with Crippen molar-refractivity contribution in [3.63, 3.8) is 0 Å². The molecule has 1 aromatic heterocycles. The maximum atomic E-state index is 11.4. The van der Waals surface area contributed by atoms with Crippen molar-refractivity contribution < 1.29 is 4.79 Å². The Hall–Kier alpha value is -1.62. The molecule has 2 atom stereocenters. The average molecular weight is 220 g/mol. The number of hydrogen-bond donors (Lipinski definition) is 2.